The molecule has 2 amide bonds. The Labute approximate surface area is 215 Å². The first-order chi connectivity index (χ1) is 17.9. The number of nitrogens with one attached hydrogen (secondary N) is 1. The highest BCUT2D eigenvalue weighted by Crippen LogP contribution is 2.37. The molecule has 7 nitrogen and oxygen atoms in total. The molecule has 2 aliphatic heterocycles. The molecule has 1 aromatic heterocycles. The largest absolute Gasteiger partial charge is 0.356 e. The normalized spacial score (nSPS) is 16.5. The number of carbonyl (C=O) groups excluding carboxylic acids is 2. The number of rotatable bonds is 5. The Morgan fingerprint density at radius 3 is 2.30 bits per heavy atom. The number of aromatic nitrogens is 1. The molecule has 188 valence electrons. The second-order valence-corrected chi connectivity index (χ2v) is 9.68. The van der Waals surface area contributed by atoms with Gasteiger partial charge in [0.2, 0.25) is 0 Å². The van der Waals surface area contributed by atoms with Crippen LogP contribution in [0.2, 0.25) is 0 Å². The van der Waals surface area contributed by atoms with E-state index in [0.717, 1.165) is 30.9 Å². The Hall–Kier alpha value is -4.25. The van der Waals surface area contributed by atoms with Crippen LogP contribution in [0.25, 0.3) is 0 Å². The van der Waals surface area contributed by atoms with Crippen LogP contribution in [-0.4, -0.2) is 47.9 Å². The van der Waals surface area contributed by atoms with Crippen LogP contribution >= 0.6 is 0 Å². The molecule has 0 aliphatic carbocycles. The minimum atomic E-state index is -1.53. The number of nitrogens with zero attached hydrogens (tertiary/aromatic N) is 4. The van der Waals surface area contributed by atoms with Gasteiger partial charge in [0.25, 0.3) is 11.8 Å². The first-order valence-corrected chi connectivity index (χ1v) is 12.5. The second-order valence-electron chi connectivity index (χ2n) is 9.68. The van der Waals surface area contributed by atoms with E-state index >= 15 is 4.39 Å². The van der Waals surface area contributed by atoms with Crippen LogP contribution in [0.3, 0.4) is 0 Å². The van der Waals surface area contributed by atoms with E-state index in [9.17, 15) is 9.59 Å². The molecule has 0 saturated carbocycles. The molecule has 0 atom stereocenters. The first kappa shape index (κ1) is 24.4. The molecule has 3 heterocycles. The van der Waals surface area contributed by atoms with E-state index < -0.39 is 5.67 Å². The van der Waals surface area contributed by atoms with Gasteiger partial charge in [-0.2, -0.15) is 5.26 Å². The van der Waals surface area contributed by atoms with E-state index in [1.54, 1.807) is 59.6 Å². The van der Waals surface area contributed by atoms with Crippen LogP contribution in [0.5, 0.6) is 0 Å². The zero-order chi connectivity index (χ0) is 26.0. The lowest BCUT2D eigenvalue weighted by Crippen LogP contribution is -2.43. The Kier molecular flexibility index (Phi) is 6.62. The summed E-state index contributed by atoms with van der Waals surface area (Å²) in [4.78, 5) is 34.3. The number of nitriles is 1. The zero-order valence-electron chi connectivity index (χ0n) is 20.7. The number of benzene rings is 2. The molecular formula is C29H28FN5O2. The Bertz CT molecular complexity index is 1350. The van der Waals surface area contributed by atoms with E-state index in [0.29, 0.717) is 27.9 Å². The quantitative estimate of drug-likeness (QED) is 0.546. The third kappa shape index (κ3) is 5.03. The number of amides is 2. The summed E-state index contributed by atoms with van der Waals surface area (Å²) in [5.74, 6) is 0.375. The van der Waals surface area contributed by atoms with Crippen molar-refractivity contribution in [2.45, 2.75) is 31.9 Å². The second kappa shape index (κ2) is 10.0. The van der Waals surface area contributed by atoms with Gasteiger partial charge in [0.1, 0.15) is 11.5 Å². The van der Waals surface area contributed by atoms with Crippen molar-refractivity contribution in [2.75, 3.05) is 36.4 Å². The molecule has 0 unspecified atom stereocenters. The number of alkyl halides is 1. The summed E-state index contributed by atoms with van der Waals surface area (Å²) in [6.45, 7) is 4.39. The molecule has 0 bridgehead atoms. The summed E-state index contributed by atoms with van der Waals surface area (Å²) in [5, 5.41) is 11.9. The summed E-state index contributed by atoms with van der Waals surface area (Å²) in [6.07, 6.45) is 3.08. The van der Waals surface area contributed by atoms with Gasteiger partial charge in [0.05, 0.1) is 17.2 Å². The lowest BCUT2D eigenvalue weighted by Gasteiger charge is -2.37. The fraction of sp³-hybridized carbons (Fsp3) is 0.310. The van der Waals surface area contributed by atoms with Crippen molar-refractivity contribution in [1.82, 2.24) is 9.88 Å². The van der Waals surface area contributed by atoms with Gasteiger partial charge >= 0.3 is 0 Å². The highest BCUT2D eigenvalue weighted by molar-refractivity contribution is 6.05. The maximum atomic E-state index is 15.6. The average Bonchev–Trinajstić information content (AvgIpc) is 2.89. The highest BCUT2D eigenvalue weighted by atomic mass is 19.1. The molecule has 8 heteroatoms. The lowest BCUT2D eigenvalue weighted by molar-refractivity contribution is 0.0421. The molecule has 2 fully saturated rings. The number of pyridine rings is 1. The van der Waals surface area contributed by atoms with Gasteiger partial charge in [-0.25, -0.2) is 9.37 Å². The Balaban J connectivity index is 1.24. The lowest BCUT2D eigenvalue weighted by atomic mass is 9.85. The van der Waals surface area contributed by atoms with Gasteiger partial charge < -0.3 is 15.1 Å². The van der Waals surface area contributed by atoms with Gasteiger partial charge in [-0.05, 0) is 60.9 Å². The molecule has 0 radical (unpaired) electrons. The van der Waals surface area contributed by atoms with Crippen LogP contribution in [-0.2, 0) is 5.67 Å². The summed E-state index contributed by atoms with van der Waals surface area (Å²) >= 11 is 0. The van der Waals surface area contributed by atoms with E-state index in [1.165, 1.54) is 0 Å². The third-order valence-electron chi connectivity index (χ3n) is 7.30. The Morgan fingerprint density at radius 2 is 1.70 bits per heavy atom. The van der Waals surface area contributed by atoms with Crippen molar-refractivity contribution >= 4 is 23.3 Å². The van der Waals surface area contributed by atoms with Gasteiger partial charge in [0, 0.05) is 56.5 Å². The Morgan fingerprint density at radius 1 is 1.00 bits per heavy atom. The summed E-state index contributed by atoms with van der Waals surface area (Å²) in [6, 6.07) is 17.4. The van der Waals surface area contributed by atoms with Crippen LogP contribution in [0.15, 0.2) is 60.8 Å². The number of aryl methyl sites for hydroxylation is 1. The minimum absolute atomic E-state index is 0.181. The standard InChI is InChI=1S/C29H28FN5O2/c1-20-3-6-22(17-25(20)33-27(36)23-7-10-26(32-19-23)34-13-2-14-34)28(37)35-15-11-29(30,12-16-35)24-8-4-21(18-31)5-9-24/h3-10,17,19H,2,11-16H2,1H3,(H,33,36). The molecule has 2 aromatic carbocycles. The molecular weight excluding hydrogens is 469 g/mol. The van der Waals surface area contributed by atoms with Gasteiger partial charge in [-0.15, -0.1) is 0 Å². The van der Waals surface area contributed by atoms with E-state index in [2.05, 4.69) is 15.2 Å². The summed E-state index contributed by atoms with van der Waals surface area (Å²) < 4.78 is 15.6. The van der Waals surface area contributed by atoms with Crippen LogP contribution < -0.4 is 10.2 Å². The summed E-state index contributed by atoms with van der Waals surface area (Å²) in [7, 11) is 0. The predicted molar refractivity (Wildman–Crippen MR) is 139 cm³/mol. The minimum Gasteiger partial charge on any atom is -0.356 e. The monoisotopic (exact) mass is 497 g/mol. The molecule has 2 saturated heterocycles. The SMILES string of the molecule is Cc1ccc(C(=O)N2CCC(F)(c3ccc(C#N)cc3)CC2)cc1NC(=O)c1ccc(N2CCC2)nc1. The maximum absolute atomic E-state index is 15.6. The van der Waals surface area contributed by atoms with Crippen LogP contribution in [0, 0.1) is 18.3 Å². The van der Waals surface area contributed by atoms with E-state index in [4.69, 9.17) is 5.26 Å². The van der Waals surface area contributed by atoms with Crippen molar-refractivity contribution in [3.8, 4) is 6.07 Å². The molecule has 3 aromatic rings. The molecule has 0 spiro atoms. The smallest absolute Gasteiger partial charge is 0.257 e. The summed E-state index contributed by atoms with van der Waals surface area (Å²) in [5.41, 5.74) is 1.76. The number of anilines is 2. The predicted octanol–water partition coefficient (Wildman–Crippen LogP) is 4.83. The van der Waals surface area contributed by atoms with Gasteiger partial charge in [-0.3, -0.25) is 9.59 Å². The number of carbonyl (C=O) groups is 2. The van der Waals surface area contributed by atoms with E-state index in [1.807, 2.05) is 19.1 Å². The van der Waals surface area contributed by atoms with Crippen molar-refractivity contribution in [1.29, 1.82) is 5.26 Å². The highest BCUT2D eigenvalue weighted by Gasteiger charge is 2.37. The van der Waals surface area contributed by atoms with Crippen molar-refractivity contribution in [3.63, 3.8) is 0 Å². The van der Waals surface area contributed by atoms with Gasteiger partial charge in [0.15, 0.2) is 0 Å². The fourth-order valence-corrected chi connectivity index (χ4v) is 4.72. The number of halogens is 1. The number of piperidine rings is 1. The van der Waals surface area contributed by atoms with Gasteiger partial charge in [-0.1, -0.05) is 18.2 Å². The number of hydrogen-bond acceptors (Lipinski definition) is 5. The average molecular weight is 498 g/mol. The maximum Gasteiger partial charge on any atom is 0.257 e. The van der Waals surface area contributed by atoms with Crippen molar-refractivity contribution < 1.29 is 14.0 Å². The first-order valence-electron chi connectivity index (χ1n) is 12.5. The number of likely N-dealkylation sites (tertiary alicyclic amines) is 1. The molecule has 5 rings (SSSR count). The van der Waals surface area contributed by atoms with Crippen molar-refractivity contribution in [3.05, 3.63) is 88.6 Å². The molecule has 1 N–H and O–H groups in total. The third-order valence-corrected chi connectivity index (χ3v) is 7.30. The topological polar surface area (TPSA) is 89.3 Å². The number of hydrogen-bond donors (Lipinski definition) is 1. The molecule has 2 aliphatic rings. The van der Waals surface area contributed by atoms with Crippen molar-refractivity contribution in [2.24, 2.45) is 0 Å². The van der Waals surface area contributed by atoms with Crippen LogP contribution in [0.4, 0.5) is 15.9 Å². The molecule has 37 heavy (non-hydrogen) atoms. The van der Waals surface area contributed by atoms with E-state index in [-0.39, 0.29) is 37.7 Å². The van der Waals surface area contributed by atoms with Crippen LogP contribution in [0.1, 0.15) is 56.7 Å². The fourth-order valence-electron chi connectivity index (χ4n) is 4.72. The zero-order valence-corrected chi connectivity index (χ0v) is 20.7.